The second-order valence-electron chi connectivity index (χ2n) is 5.22. The molecule has 2 aromatic rings. The molecule has 0 saturated heterocycles. The highest BCUT2D eigenvalue weighted by molar-refractivity contribution is 5.70. The highest BCUT2D eigenvalue weighted by Crippen LogP contribution is 2.26. The van der Waals surface area contributed by atoms with Gasteiger partial charge in [-0.15, -0.1) is 0 Å². The largest absolute Gasteiger partial charge is 0.341 e. The van der Waals surface area contributed by atoms with E-state index in [1.54, 1.807) is 0 Å². The molecule has 0 atom stereocenters. The smallest absolute Gasteiger partial charge is 0.177 e. The summed E-state index contributed by atoms with van der Waals surface area (Å²) in [6, 6.07) is 4.11. The van der Waals surface area contributed by atoms with Crippen LogP contribution in [-0.2, 0) is 6.42 Å². The Hall–Kier alpha value is -1.38. The molecule has 0 aliphatic heterocycles. The minimum Gasteiger partial charge on any atom is -0.341 e. The zero-order valence-corrected chi connectivity index (χ0v) is 10.4. The maximum Gasteiger partial charge on any atom is 0.177 e. The highest BCUT2D eigenvalue weighted by Gasteiger charge is 2.15. The molecule has 0 aromatic carbocycles. The van der Waals surface area contributed by atoms with Crippen molar-refractivity contribution < 1.29 is 0 Å². The van der Waals surface area contributed by atoms with Gasteiger partial charge in [-0.2, -0.15) is 0 Å². The Bertz CT molecular complexity index is 509. The second-order valence-corrected chi connectivity index (χ2v) is 5.22. The molecule has 3 rings (SSSR count). The first-order valence-electron chi connectivity index (χ1n) is 6.63. The van der Waals surface area contributed by atoms with Crippen LogP contribution in [0.2, 0.25) is 0 Å². The number of hydrogen-bond acceptors (Lipinski definition) is 2. The van der Waals surface area contributed by atoms with Crippen molar-refractivity contribution in [1.82, 2.24) is 15.0 Å². The molecular formula is C14H19N3. The highest BCUT2D eigenvalue weighted by atomic mass is 15.0. The quantitative estimate of drug-likeness (QED) is 0.857. The summed E-state index contributed by atoms with van der Waals surface area (Å²) >= 11 is 0. The van der Waals surface area contributed by atoms with Crippen molar-refractivity contribution in [2.24, 2.45) is 5.92 Å². The molecule has 1 saturated carbocycles. The number of nitrogens with one attached hydrogen (secondary N) is 1. The molecule has 1 fully saturated rings. The molecule has 2 heterocycles. The first-order valence-corrected chi connectivity index (χ1v) is 6.63. The molecule has 1 aliphatic rings. The zero-order chi connectivity index (χ0) is 11.7. The number of aryl methyl sites for hydroxylation is 1. The van der Waals surface area contributed by atoms with Gasteiger partial charge in [0, 0.05) is 12.1 Å². The second kappa shape index (κ2) is 4.47. The lowest BCUT2D eigenvalue weighted by molar-refractivity contribution is 0.352. The normalized spacial score (nSPS) is 17.7. The predicted molar refractivity (Wildman–Crippen MR) is 68.9 cm³/mol. The van der Waals surface area contributed by atoms with Gasteiger partial charge in [0.15, 0.2) is 5.65 Å². The van der Waals surface area contributed by atoms with Gasteiger partial charge in [-0.05, 0) is 25.0 Å². The Kier molecular flexibility index (Phi) is 2.83. The summed E-state index contributed by atoms with van der Waals surface area (Å²) in [4.78, 5) is 12.4. The van der Waals surface area contributed by atoms with E-state index in [0.717, 1.165) is 35.0 Å². The lowest BCUT2D eigenvalue weighted by atomic mass is 9.87. The number of aromatic nitrogens is 3. The number of pyridine rings is 1. The molecule has 2 aromatic heterocycles. The van der Waals surface area contributed by atoms with Gasteiger partial charge in [0.1, 0.15) is 5.82 Å². The number of rotatable bonds is 2. The first kappa shape index (κ1) is 10.8. The van der Waals surface area contributed by atoms with Gasteiger partial charge >= 0.3 is 0 Å². The van der Waals surface area contributed by atoms with Gasteiger partial charge in [-0.3, -0.25) is 0 Å². The third kappa shape index (κ3) is 2.33. The summed E-state index contributed by atoms with van der Waals surface area (Å²) in [5, 5.41) is 0. The Morgan fingerprint density at radius 1 is 1.18 bits per heavy atom. The van der Waals surface area contributed by atoms with E-state index < -0.39 is 0 Å². The molecule has 0 radical (unpaired) electrons. The minimum absolute atomic E-state index is 0.824. The third-order valence-electron chi connectivity index (χ3n) is 3.74. The van der Waals surface area contributed by atoms with E-state index in [4.69, 9.17) is 0 Å². The maximum atomic E-state index is 4.60. The molecule has 1 aliphatic carbocycles. The van der Waals surface area contributed by atoms with Gasteiger partial charge in [0.2, 0.25) is 0 Å². The SMILES string of the molecule is Cc1ccc2[nH]c(CC3CCCCC3)nc2n1. The van der Waals surface area contributed by atoms with E-state index >= 15 is 0 Å². The van der Waals surface area contributed by atoms with Crippen LogP contribution in [0, 0.1) is 12.8 Å². The van der Waals surface area contributed by atoms with E-state index in [9.17, 15) is 0 Å². The van der Waals surface area contributed by atoms with Crippen molar-refractivity contribution in [3.63, 3.8) is 0 Å². The van der Waals surface area contributed by atoms with Crippen molar-refractivity contribution in [3.8, 4) is 0 Å². The zero-order valence-electron chi connectivity index (χ0n) is 10.4. The maximum absolute atomic E-state index is 4.60. The summed E-state index contributed by atoms with van der Waals surface area (Å²) in [6.07, 6.45) is 8.02. The van der Waals surface area contributed by atoms with Crippen LogP contribution in [0.5, 0.6) is 0 Å². The molecule has 90 valence electrons. The monoisotopic (exact) mass is 229 g/mol. The van der Waals surface area contributed by atoms with Crippen LogP contribution in [0.3, 0.4) is 0 Å². The van der Waals surface area contributed by atoms with Crippen molar-refractivity contribution >= 4 is 11.2 Å². The molecule has 1 N–H and O–H groups in total. The third-order valence-corrected chi connectivity index (χ3v) is 3.74. The summed E-state index contributed by atoms with van der Waals surface area (Å²) in [5.41, 5.74) is 2.98. The number of H-pyrrole nitrogens is 1. The van der Waals surface area contributed by atoms with Crippen LogP contribution in [0.15, 0.2) is 12.1 Å². The molecule has 3 heteroatoms. The summed E-state index contributed by atoms with van der Waals surface area (Å²) in [6.45, 7) is 2.01. The Morgan fingerprint density at radius 2 is 2.00 bits per heavy atom. The summed E-state index contributed by atoms with van der Waals surface area (Å²) in [7, 11) is 0. The van der Waals surface area contributed by atoms with Crippen LogP contribution in [0.4, 0.5) is 0 Å². The number of imidazole rings is 1. The van der Waals surface area contributed by atoms with Crippen LogP contribution >= 0.6 is 0 Å². The van der Waals surface area contributed by atoms with Crippen LogP contribution in [-0.4, -0.2) is 15.0 Å². The lowest BCUT2D eigenvalue weighted by Gasteiger charge is -2.20. The minimum atomic E-state index is 0.824. The van der Waals surface area contributed by atoms with Crippen LogP contribution in [0.25, 0.3) is 11.2 Å². The summed E-state index contributed by atoms with van der Waals surface area (Å²) in [5.74, 6) is 1.94. The molecule has 3 nitrogen and oxygen atoms in total. The molecule has 0 unspecified atom stereocenters. The molecule has 0 amide bonds. The average molecular weight is 229 g/mol. The Labute approximate surface area is 102 Å². The molecule has 0 bridgehead atoms. The number of aromatic amines is 1. The number of hydrogen-bond donors (Lipinski definition) is 1. The van der Waals surface area contributed by atoms with Crippen molar-refractivity contribution in [3.05, 3.63) is 23.7 Å². The van der Waals surface area contributed by atoms with E-state index in [-0.39, 0.29) is 0 Å². The Balaban J connectivity index is 1.80. The van der Waals surface area contributed by atoms with Crippen molar-refractivity contribution in [1.29, 1.82) is 0 Å². The van der Waals surface area contributed by atoms with E-state index in [0.29, 0.717) is 0 Å². The summed E-state index contributed by atoms with van der Waals surface area (Å²) < 4.78 is 0. The van der Waals surface area contributed by atoms with Crippen LogP contribution in [0.1, 0.15) is 43.6 Å². The van der Waals surface area contributed by atoms with Crippen LogP contribution < -0.4 is 0 Å². The fourth-order valence-corrected chi connectivity index (χ4v) is 2.80. The molecule has 0 spiro atoms. The predicted octanol–water partition coefficient (Wildman–Crippen LogP) is 3.39. The van der Waals surface area contributed by atoms with Crippen molar-refractivity contribution in [2.75, 3.05) is 0 Å². The number of fused-ring (bicyclic) bond motifs is 1. The Morgan fingerprint density at radius 3 is 2.82 bits per heavy atom. The van der Waals surface area contributed by atoms with Gasteiger partial charge in [-0.1, -0.05) is 32.1 Å². The molecular weight excluding hydrogens is 210 g/mol. The van der Waals surface area contributed by atoms with Gasteiger partial charge in [-0.25, -0.2) is 9.97 Å². The fourth-order valence-electron chi connectivity index (χ4n) is 2.80. The first-order chi connectivity index (χ1) is 8.31. The fraction of sp³-hybridized carbons (Fsp3) is 0.571. The van der Waals surface area contributed by atoms with E-state index in [2.05, 4.69) is 21.0 Å². The van der Waals surface area contributed by atoms with Gasteiger partial charge < -0.3 is 4.98 Å². The van der Waals surface area contributed by atoms with E-state index in [1.807, 2.05) is 13.0 Å². The van der Waals surface area contributed by atoms with Gasteiger partial charge in [0.05, 0.1) is 5.52 Å². The standard InChI is InChI=1S/C14H19N3/c1-10-7-8-12-14(15-10)17-13(16-12)9-11-5-3-2-4-6-11/h7-8,11H,2-6,9H2,1H3,(H,15,16,17). The number of nitrogens with zero attached hydrogens (tertiary/aromatic N) is 2. The van der Waals surface area contributed by atoms with E-state index in [1.165, 1.54) is 32.1 Å². The molecule has 17 heavy (non-hydrogen) atoms. The van der Waals surface area contributed by atoms with Crippen molar-refractivity contribution in [2.45, 2.75) is 45.4 Å². The van der Waals surface area contributed by atoms with Gasteiger partial charge in [0.25, 0.3) is 0 Å². The topological polar surface area (TPSA) is 41.6 Å². The lowest BCUT2D eigenvalue weighted by Crippen LogP contribution is -2.10. The average Bonchev–Trinajstić information content (AvgIpc) is 2.71.